The lowest BCUT2D eigenvalue weighted by Gasteiger charge is -2.37. The molecule has 1 atom stereocenters. The second-order valence-corrected chi connectivity index (χ2v) is 8.68. The maximum Gasteiger partial charge on any atom is 0.255 e. The normalized spacial score (nSPS) is 21.1. The van der Waals surface area contributed by atoms with Crippen molar-refractivity contribution < 1.29 is 14.3 Å². The molecule has 2 amide bonds. The van der Waals surface area contributed by atoms with Crippen LogP contribution in [0.3, 0.4) is 0 Å². The van der Waals surface area contributed by atoms with Gasteiger partial charge in [-0.2, -0.15) is 0 Å². The van der Waals surface area contributed by atoms with Crippen molar-refractivity contribution in [1.29, 1.82) is 0 Å². The van der Waals surface area contributed by atoms with E-state index in [4.69, 9.17) is 16.3 Å². The number of amides is 2. The van der Waals surface area contributed by atoms with Crippen molar-refractivity contribution in [3.05, 3.63) is 22.8 Å². The summed E-state index contributed by atoms with van der Waals surface area (Å²) in [5, 5.41) is 0.337. The van der Waals surface area contributed by atoms with Crippen LogP contribution in [0.4, 0.5) is 0 Å². The first kappa shape index (κ1) is 20.9. The maximum absolute atomic E-state index is 12.8. The first-order valence-electron chi connectivity index (χ1n) is 10.3. The number of hydrogen-bond acceptors (Lipinski definition) is 4. The molecule has 0 saturated carbocycles. The molecular formula is C21H30ClN3O3. The minimum absolute atomic E-state index is 0.0258. The van der Waals surface area contributed by atoms with Crippen molar-refractivity contribution >= 4 is 23.4 Å². The Hall–Kier alpha value is -1.82. The molecule has 1 aromatic heterocycles. The van der Waals surface area contributed by atoms with Gasteiger partial charge in [-0.05, 0) is 51.5 Å². The minimum Gasteiger partial charge on any atom is -0.474 e. The molecule has 154 valence electrons. The summed E-state index contributed by atoms with van der Waals surface area (Å²) in [4.78, 5) is 33.6. The zero-order valence-electron chi connectivity index (χ0n) is 17.0. The van der Waals surface area contributed by atoms with Crippen molar-refractivity contribution in [3.8, 4) is 5.88 Å². The standard InChI is InChI=1S/C21H30ClN3O3/c1-14(2)28-19-18(22)11-17(12-23-19)21(27)24-9-6-16(7-10-24)20(26)25-8-4-5-15(3)13-25/h11-12,14-16H,4-10,13H2,1-3H3. The van der Waals surface area contributed by atoms with Crippen LogP contribution in [0, 0.1) is 11.8 Å². The number of ether oxygens (including phenoxy) is 1. The monoisotopic (exact) mass is 407 g/mol. The van der Waals surface area contributed by atoms with Gasteiger partial charge < -0.3 is 14.5 Å². The minimum atomic E-state index is -0.0945. The van der Waals surface area contributed by atoms with Gasteiger partial charge >= 0.3 is 0 Å². The van der Waals surface area contributed by atoms with Crippen molar-refractivity contribution in [3.63, 3.8) is 0 Å². The van der Waals surface area contributed by atoms with E-state index in [-0.39, 0.29) is 23.8 Å². The van der Waals surface area contributed by atoms with Crippen LogP contribution in [-0.4, -0.2) is 58.9 Å². The fourth-order valence-corrected chi connectivity index (χ4v) is 4.22. The van der Waals surface area contributed by atoms with Crippen molar-refractivity contribution in [2.75, 3.05) is 26.2 Å². The Balaban J connectivity index is 1.56. The molecule has 6 nitrogen and oxygen atoms in total. The predicted molar refractivity (Wildman–Crippen MR) is 109 cm³/mol. The van der Waals surface area contributed by atoms with Crippen LogP contribution in [0.25, 0.3) is 0 Å². The SMILES string of the molecule is CC1CCCN(C(=O)C2CCN(C(=O)c3cnc(OC(C)C)c(Cl)c3)CC2)C1. The molecule has 1 unspecified atom stereocenters. The Labute approximate surface area is 172 Å². The van der Waals surface area contributed by atoms with Crippen molar-refractivity contribution in [1.82, 2.24) is 14.8 Å². The largest absolute Gasteiger partial charge is 0.474 e. The van der Waals surface area contributed by atoms with Gasteiger partial charge in [-0.3, -0.25) is 9.59 Å². The molecule has 0 spiro atoms. The lowest BCUT2D eigenvalue weighted by molar-refractivity contribution is -0.138. The summed E-state index contributed by atoms with van der Waals surface area (Å²) in [5.41, 5.74) is 0.454. The molecule has 28 heavy (non-hydrogen) atoms. The highest BCUT2D eigenvalue weighted by Gasteiger charge is 2.32. The molecule has 2 aliphatic heterocycles. The van der Waals surface area contributed by atoms with E-state index < -0.39 is 0 Å². The smallest absolute Gasteiger partial charge is 0.255 e. The predicted octanol–water partition coefficient (Wildman–Crippen LogP) is 3.63. The Morgan fingerprint density at radius 3 is 2.50 bits per heavy atom. The van der Waals surface area contributed by atoms with Crippen LogP contribution in [-0.2, 0) is 4.79 Å². The number of nitrogens with zero attached hydrogens (tertiary/aromatic N) is 3. The van der Waals surface area contributed by atoms with E-state index in [9.17, 15) is 9.59 Å². The van der Waals surface area contributed by atoms with Gasteiger partial charge in [-0.25, -0.2) is 4.98 Å². The first-order chi connectivity index (χ1) is 13.3. The van der Waals surface area contributed by atoms with Crippen molar-refractivity contribution in [2.24, 2.45) is 11.8 Å². The van der Waals surface area contributed by atoms with Crippen LogP contribution in [0.5, 0.6) is 5.88 Å². The van der Waals surface area contributed by atoms with Crippen LogP contribution >= 0.6 is 11.6 Å². The summed E-state index contributed by atoms with van der Waals surface area (Å²) in [6.45, 7) is 8.91. The van der Waals surface area contributed by atoms with Gasteiger partial charge in [0, 0.05) is 38.3 Å². The number of carbonyl (C=O) groups is 2. The first-order valence-corrected chi connectivity index (χ1v) is 10.6. The Kier molecular flexibility index (Phi) is 6.81. The molecule has 3 rings (SSSR count). The second kappa shape index (κ2) is 9.12. The van der Waals surface area contributed by atoms with Crippen LogP contribution in [0.2, 0.25) is 5.02 Å². The summed E-state index contributed by atoms with van der Waals surface area (Å²) in [6.07, 6.45) is 5.20. The van der Waals surface area contributed by atoms with E-state index in [0.717, 1.165) is 19.5 Å². The van der Waals surface area contributed by atoms with Gasteiger partial charge in [0.15, 0.2) is 0 Å². The van der Waals surface area contributed by atoms with E-state index in [1.165, 1.54) is 12.6 Å². The third-order valence-electron chi connectivity index (χ3n) is 5.50. The van der Waals surface area contributed by atoms with Gasteiger partial charge in [0.2, 0.25) is 11.8 Å². The fourth-order valence-electron chi connectivity index (χ4n) is 4.01. The van der Waals surface area contributed by atoms with Crippen LogP contribution < -0.4 is 4.74 Å². The molecule has 0 N–H and O–H groups in total. The van der Waals surface area contributed by atoms with E-state index in [0.29, 0.717) is 48.3 Å². The van der Waals surface area contributed by atoms with E-state index in [1.54, 1.807) is 11.0 Å². The Morgan fingerprint density at radius 2 is 1.89 bits per heavy atom. The lowest BCUT2D eigenvalue weighted by atomic mass is 9.92. The van der Waals surface area contributed by atoms with E-state index in [2.05, 4.69) is 11.9 Å². The van der Waals surface area contributed by atoms with Gasteiger partial charge in [-0.15, -0.1) is 0 Å². The number of carbonyl (C=O) groups excluding carboxylic acids is 2. The summed E-state index contributed by atoms with van der Waals surface area (Å²) >= 11 is 6.21. The Bertz CT molecular complexity index is 717. The molecule has 0 bridgehead atoms. The topological polar surface area (TPSA) is 62.7 Å². The summed E-state index contributed by atoms with van der Waals surface area (Å²) in [5.74, 6) is 1.12. The molecule has 2 aliphatic rings. The third-order valence-corrected chi connectivity index (χ3v) is 5.77. The molecule has 1 aromatic rings. The molecule has 2 saturated heterocycles. The molecule has 3 heterocycles. The van der Waals surface area contributed by atoms with Gasteiger partial charge in [0.05, 0.1) is 11.7 Å². The van der Waals surface area contributed by atoms with Gasteiger partial charge in [0.1, 0.15) is 5.02 Å². The number of piperidine rings is 2. The van der Waals surface area contributed by atoms with Crippen LogP contribution in [0.1, 0.15) is 56.8 Å². The quantitative estimate of drug-likeness (QED) is 0.764. The van der Waals surface area contributed by atoms with Crippen LogP contribution in [0.15, 0.2) is 12.3 Å². The number of rotatable bonds is 4. The highest BCUT2D eigenvalue weighted by Crippen LogP contribution is 2.27. The van der Waals surface area contributed by atoms with E-state index >= 15 is 0 Å². The highest BCUT2D eigenvalue weighted by molar-refractivity contribution is 6.32. The maximum atomic E-state index is 12.8. The molecule has 0 radical (unpaired) electrons. The second-order valence-electron chi connectivity index (χ2n) is 8.28. The third kappa shape index (κ3) is 4.96. The zero-order chi connectivity index (χ0) is 20.3. The molecular weight excluding hydrogens is 378 g/mol. The van der Waals surface area contributed by atoms with E-state index in [1.807, 2.05) is 18.7 Å². The molecule has 7 heteroatoms. The fraction of sp³-hybridized carbons (Fsp3) is 0.667. The summed E-state index contributed by atoms with van der Waals surface area (Å²) in [6, 6.07) is 1.61. The number of likely N-dealkylation sites (tertiary alicyclic amines) is 2. The number of pyridine rings is 1. The summed E-state index contributed by atoms with van der Waals surface area (Å²) < 4.78 is 5.52. The van der Waals surface area contributed by atoms with Gasteiger partial charge in [-0.1, -0.05) is 18.5 Å². The Morgan fingerprint density at radius 1 is 1.18 bits per heavy atom. The van der Waals surface area contributed by atoms with Crippen molar-refractivity contribution in [2.45, 2.75) is 52.6 Å². The number of aromatic nitrogens is 1. The lowest BCUT2D eigenvalue weighted by Crippen LogP contribution is -2.47. The average molecular weight is 408 g/mol. The zero-order valence-corrected chi connectivity index (χ0v) is 17.7. The van der Waals surface area contributed by atoms with Gasteiger partial charge in [0.25, 0.3) is 5.91 Å². The molecule has 2 fully saturated rings. The number of hydrogen-bond donors (Lipinski definition) is 0. The number of halogens is 1. The molecule has 0 aromatic carbocycles. The summed E-state index contributed by atoms with van der Waals surface area (Å²) in [7, 11) is 0. The average Bonchev–Trinajstić information content (AvgIpc) is 2.68. The molecule has 0 aliphatic carbocycles. The highest BCUT2D eigenvalue weighted by atomic mass is 35.5.